The molecule has 1 fully saturated rings. The Morgan fingerprint density at radius 2 is 1.96 bits per heavy atom. The summed E-state index contributed by atoms with van der Waals surface area (Å²) in [5.41, 5.74) is 1.35. The molecule has 0 radical (unpaired) electrons. The topological polar surface area (TPSA) is 110 Å². The number of nitrogens with one attached hydrogen (secondary N) is 1. The fourth-order valence-corrected chi connectivity index (χ4v) is 2.46. The van der Waals surface area contributed by atoms with Gasteiger partial charge in [0.05, 0.1) is 29.4 Å². The normalized spacial score (nSPS) is 14.2. The smallest absolute Gasteiger partial charge is 0.269 e. The van der Waals surface area contributed by atoms with Crippen LogP contribution in [0.5, 0.6) is 0 Å². The predicted molar refractivity (Wildman–Crippen MR) is 90.9 cm³/mol. The zero-order valence-corrected chi connectivity index (χ0v) is 13.6. The Balaban J connectivity index is 1.72. The van der Waals surface area contributed by atoms with E-state index in [0.717, 1.165) is 0 Å². The summed E-state index contributed by atoms with van der Waals surface area (Å²) in [4.78, 5) is 33.2. The second-order valence-corrected chi connectivity index (χ2v) is 5.53. The van der Waals surface area contributed by atoms with Gasteiger partial charge >= 0.3 is 0 Å². The Kier molecular flexibility index (Phi) is 4.85. The van der Waals surface area contributed by atoms with Crippen LogP contribution in [0.1, 0.15) is 16.1 Å². The van der Waals surface area contributed by atoms with Crippen LogP contribution in [-0.4, -0.2) is 47.1 Å². The molecule has 1 aliphatic rings. The molecular formula is C16H17N5O4. The first-order valence-electron chi connectivity index (χ1n) is 7.77. The molecule has 2 aromatic rings. The van der Waals surface area contributed by atoms with Crippen molar-refractivity contribution in [2.45, 2.75) is 6.92 Å². The van der Waals surface area contributed by atoms with Gasteiger partial charge in [-0.25, -0.2) is 9.97 Å². The number of anilines is 2. The molecule has 1 amide bonds. The van der Waals surface area contributed by atoms with Crippen LogP contribution in [-0.2, 0) is 4.74 Å². The molecule has 0 unspecified atom stereocenters. The van der Waals surface area contributed by atoms with Gasteiger partial charge in [-0.2, -0.15) is 0 Å². The zero-order chi connectivity index (χ0) is 17.8. The molecule has 3 rings (SSSR count). The fourth-order valence-electron chi connectivity index (χ4n) is 2.46. The number of ether oxygens (including phenoxy) is 1. The number of nitrogens with zero attached hydrogens (tertiary/aromatic N) is 4. The molecule has 0 aliphatic carbocycles. The van der Waals surface area contributed by atoms with Gasteiger partial charge in [-0.3, -0.25) is 14.9 Å². The summed E-state index contributed by atoms with van der Waals surface area (Å²) in [6.45, 7) is 4.44. The highest BCUT2D eigenvalue weighted by Gasteiger charge is 2.17. The van der Waals surface area contributed by atoms with E-state index < -0.39 is 4.92 Å². The Morgan fingerprint density at radius 1 is 1.28 bits per heavy atom. The third-order valence-electron chi connectivity index (χ3n) is 3.84. The number of aromatic nitrogens is 2. The Hall–Kier alpha value is -3.07. The van der Waals surface area contributed by atoms with Crippen LogP contribution in [0, 0.1) is 17.0 Å². The van der Waals surface area contributed by atoms with Crippen molar-refractivity contribution in [3.63, 3.8) is 0 Å². The SMILES string of the molecule is Cc1nc(N2CCOCC2)ncc1C(=O)Nc1ccc([N+](=O)[O-])cc1. The van der Waals surface area contributed by atoms with Crippen molar-refractivity contribution >= 4 is 23.2 Å². The maximum atomic E-state index is 12.4. The van der Waals surface area contributed by atoms with Crippen LogP contribution in [0.4, 0.5) is 17.3 Å². The molecule has 1 aromatic carbocycles. The van der Waals surface area contributed by atoms with Crippen LogP contribution in [0.15, 0.2) is 30.5 Å². The number of morpholine rings is 1. The minimum Gasteiger partial charge on any atom is -0.378 e. The van der Waals surface area contributed by atoms with Crippen LogP contribution in [0.25, 0.3) is 0 Å². The average Bonchev–Trinajstić information content (AvgIpc) is 2.62. The van der Waals surface area contributed by atoms with E-state index in [1.165, 1.54) is 30.5 Å². The van der Waals surface area contributed by atoms with Crippen molar-refractivity contribution in [3.8, 4) is 0 Å². The van der Waals surface area contributed by atoms with Crippen molar-refractivity contribution in [2.24, 2.45) is 0 Å². The van der Waals surface area contributed by atoms with Gasteiger partial charge < -0.3 is 15.0 Å². The fraction of sp³-hybridized carbons (Fsp3) is 0.312. The van der Waals surface area contributed by atoms with Gasteiger partial charge in [-0.05, 0) is 19.1 Å². The summed E-state index contributed by atoms with van der Waals surface area (Å²) in [5, 5.41) is 13.3. The van der Waals surface area contributed by atoms with Gasteiger partial charge in [0.15, 0.2) is 0 Å². The number of hydrogen-bond donors (Lipinski definition) is 1. The van der Waals surface area contributed by atoms with Gasteiger partial charge in [-0.15, -0.1) is 0 Å². The average molecular weight is 343 g/mol. The summed E-state index contributed by atoms with van der Waals surface area (Å²) in [6, 6.07) is 5.63. The molecule has 1 aromatic heterocycles. The lowest BCUT2D eigenvalue weighted by atomic mass is 10.2. The van der Waals surface area contributed by atoms with E-state index in [-0.39, 0.29) is 11.6 Å². The largest absolute Gasteiger partial charge is 0.378 e. The summed E-state index contributed by atoms with van der Waals surface area (Å²) in [6.07, 6.45) is 1.49. The number of hydrogen-bond acceptors (Lipinski definition) is 7. The molecule has 9 heteroatoms. The van der Waals surface area contributed by atoms with Gasteiger partial charge in [-0.1, -0.05) is 0 Å². The van der Waals surface area contributed by atoms with Gasteiger partial charge in [0.25, 0.3) is 11.6 Å². The predicted octanol–water partition coefficient (Wildman–Crippen LogP) is 1.78. The monoisotopic (exact) mass is 343 g/mol. The minimum absolute atomic E-state index is 0.0348. The van der Waals surface area contributed by atoms with Crippen molar-refractivity contribution in [1.82, 2.24) is 9.97 Å². The highest BCUT2D eigenvalue weighted by atomic mass is 16.6. The van der Waals surface area contributed by atoms with Crippen molar-refractivity contribution in [1.29, 1.82) is 0 Å². The number of amides is 1. The molecule has 0 bridgehead atoms. The number of non-ortho nitro benzene ring substituents is 1. The lowest BCUT2D eigenvalue weighted by molar-refractivity contribution is -0.384. The molecular weight excluding hydrogens is 326 g/mol. The lowest BCUT2D eigenvalue weighted by Gasteiger charge is -2.27. The molecule has 25 heavy (non-hydrogen) atoms. The van der Waals surface area contributed by atoms with Crippen LogP contribution >= 0.6 is 0 Å². The molecule has 130 valence electrons. The standard InChI is InChI=1S/C16H17N5O4/c1-11-14(10-17-16(18-11)20-6-8-25-9-7-20)15(22)19-12-2-4-13(5-3-12)21(23)24/h2-5,10H,6-9H2,1H3,(H,19,22). The van der Waals surface area contributed by atoms with Crippen LogP contribution in [0.3, 0.4) is 0 Å². The summed E-state index contributed by atoms with van der Waals surface area (Å²) in [7, 11) is 0. The zero-order valence-electron chi connectivity index (χ0n) is 13.6. The molecule has 0 atom stereocenters. The number of rotatable bonds is 4. The Morgan fingerprint density at radius 3 is 2.56 bits per heavy atom. The van der Waals surface area contributed by atoms with E-state index in [2.05, 4.69) is 15.3 Å². The molecule has 0 spiro atoms. The second kappa shape index (κ2) is 7.22. The minimum atomic E-state index is -0.492. The van der Waals surface area contributed by atoms with Crippen molar-refractivity contribution < 1.29 is 14.5 Å². The highest BCUT2D eigenvalue weighted by molar-refractivity contribution is 6.04. The maximum absolute atomic E-state index is 12.4. The quantitative estimate of drug-likeness (QED) is 0.665. The summed E-state index contributed by atoms with van der Waals surface area (Å²) in [5.74, 6) is 0.215. The lowest BCUT2D eigenvalue weighted by Crippen LogP contribution is -2.37. The summed E-state index contributed by atoms with van der Waals surface area (Å²) >= 11 is 0. The maximum Gasteiger partial charge on any atom is 0.269 e. The summed E-state index contributed by atoms with van der Waals surface area (Å²) < 4.78 is 5.30. The first-order valence-corrected chi connectivity index (χ1v) is 7.77. The molecule has 0 saturated carbocycles. The van der Waals surface area contributed by atoms with E-state index in [1.54, 1.807) is 6.92 Å². The van der Waals surface area contributed by atoms with Gasteiger partial charge in [0.2, 0.25) is 5.95 Å². The van der Waals surface area contributed by atoms with Crippen molar-refractivity contribution in [3.05, 3.63) is 51.8 Å². The molecule has 1 saturated heterocycles. The Bertz CT molecular complexity index is 788. The first kappa shape index (κ1) is 16.8. The van der Waals surface area contributed by atoms with E-state index in [4.69, 9.17) is 4.74 Å². The number of aryl methyl sites for hydroxylation is 1. The van der Waals surface area contributed by atoms with Gasteiger partial charge in [0.1, 0.15) is 0 Å². The molecule has 1 aliphatic heterocycles. The number of carbonyl (C=O) groups is 1. The third-order valence-corrected chi connectivity index (χ3v) is 3.84. The van der Waals surface area contributed by atoms with E-state index >= 15 is 0 Å². The van der Waals surface area contributed by atoms with E-state index in [0.29, 0.717) is 49.2 Å². The molecule has 1 N–H and O–H groups in total. The number of nitro groups is 1. The van der Waals surface area contributed by atoms with E-state index in [9.17, 15) is 14.9 Å². The van der Waals surface area contributed by atoms with Crippen LogP contribution in [0.2, 0.25) is 0 Å². The number of carbonyl (C=O) groups excluding carboxylic acids is 1. The molecule has 2 heterocycles. The van der Waals surface area contributed by atoms with Crippen LogP contribution < -0.4 is 10.2 Å². The second-order valence-electron chi connectivity index (χ2n) is 5.53. The van der Waals surface area contributed by atoms with E-state index in [1.807, 2.05) is 4.90 Å². The first-order chi connectivity index (χ1) is 12.0. The molecule has 9 nitrogen and oxygen atoms in total. The Labute approximate surface area is 143 Å². The number of benzene rings is 1. The number of nitro benzene ring substituents is 1. The van der Waals surface area contributed by atoms with Crippen molar-refractivity contribution in [2.75, 3.05) is 36.5 Å². The highest BCUT2D eigenvalue weighted by Crippen LogP contribution is 2.18. The third kappa shape index (κ3) is 3.89. The van der Waals surface area contributed by atoms with Gasteiger partial charge in [0, 0.05) is 37.1 Å².